The molecule has 3 nitrogen and oxygen atoms in total. The Morgan fingerprint density at radius 2 is 2.20 bits per heavy atom. The van der Waals surface area contributed by atoms with E-state index in [2.05, 4.69) is 17.0 Å². The molecule has 0 unspecified atom stereocenters. The molecule has 3 heteroatoms. The third kappa shape index (κ3) is 3.57. The van der Waals surface area contributed by atoms with Crippen LogP contribution >= 0.6 is 0 Å². The van der Waals surface area contributed by atoms with Gasteiger partial charge in [-0.2, -0.15) is 0 Å². The maximum atomic E-state index is 10.7. The summed E-state index contributed by atoms with van der Waals surface area (Å²) in [5.41, 5.74) is 0.652. The molecule has 20 heavy (non-hydrogen) atoms. The quantitative estimate of drug-likeness (QED) is 0.838. The first-order chi connectivity index (χ1) is 9.68. The summed E-state index contributed by atoms with van der Waals surface area (Å²) in [6.45, 7) is 4.66. The summed E-state index contributed by atoms with van der Waals surface area (Å²) >= 11 is 0. The standard InChI is InChI=1S/C17H23NO2/c1-2-17(20)10-11-18(14-16(17)9-6-12-19)13-15-7-4-3-5-8-15/h3-8,16,20H,2,9-11,13-14H2,1H3/t16-,17+/m0/s1. The Labute approximate surface area is 120 Å². The number of piperidine rings is 1. The Hall–Kier alpha value is -1.41. The van der Waals surface area contributed by atoms with Gasteiger partial charge in [0, 0.05) is 31.6 Å². The van der Waals surface area contributed by atoms with Crippen LogP contribution in [0.1, 0.15) is 31.7 Å². The van der Waals surface area contributed by atoms with Crippen molar-refractivity contribution in [1.29, 1.82) is 0 Å². The molecule has 0 spiro atoms. The first-order valence-corrected chi connectivity index (χ1v) is 7.36. The molecule has 0 bridgehead atoms. The number of likely N-dealkylation sites (tertiary alicyclic amines) is 1. The van der Waals surface area contributed by atoms with E-state index >= 15 is 0 Å². The zero-order valence-corrected chi connectivity index (χ0v) is 12.1. The molecular weight excluding hydrogens is 250 g/mol. The molecule has 1 aliphatic rings. The van der Waals surface area contributed by atoms with Gasteiger partial charge in [0.25, 0.3) is 0 Å². The molecule has 1 fully saturated rings. The third-order valence-electron chi connectivity index (χ3n) is 4.45. The fourth-order valence-corrected chi connectivity index (χ4v) is 3.06. The lowest BCUT2D eigenvalue weighted by Gasteiger charge is -2.44. The maximum Gasteiger partial charge on any atom is 0.120 e. The molecule has 0 amide bonds. The second-order valence-corrected chi connectivity index (χ2v) is 5.68. The van der Waals surface area contributed by atoms with Crippen molar-refractivity contribution in [3.63, 3.8) is 0 Å². The molecule has 0 saturated carbocycles. The Kier molecular flexibility index (Phi) is 5.13. The van der Waals surface area contributed by atoms with Crippen LogP contribution in [0.3, 0.4) is 0 Å². The maximum absolute atomic E-state index is 10.7. The minimum Gasteiger partial charge on any atom is -0.390 e. The Morgan fingerprint density at radius 1 is 1.45 bits per heavy atom. The molecule has 1 aliphatic heterocycles. The van der Waals surface area contributed by atoms with Crippen LogP contribution in [0.5, 0.6) is 0 Å². The van der Waals surface area contributed by atoms with Crippen LogP contribution in [0.25, 0.3) is 0 Å². The van der Waals surface area contributed by atoms with Crippen LogP contribution in [0.2, 0.25) is 0 Å². The number of hydrogen-bond donors (Lipinski definition) is 1. The number of benzene rings is 1. The molecular formula is C17H23NO2. The summed E-state index contributed by atoms with van der Waals surface area (Å²) in [6.07, 6.45) is 3.63. The van der Waals surface area contributed by atoms with Crippen molar-refractivity contribution >= 4 is 5.94 Å². The summed E-state index contributed by atoms with van der Waals surface area (Å²) < 4.78 is 0. The van der Waals surface area contributed by atoms with Crippen molar-refractivity contribution in [3.05, 3.63) is 42.0 Å². The van der Waals surface area contributed by atoms with Crippen LogP contribution in [0, 0.1) is 5.92 Å². The van der Waals surface area contributed by atoms with Gasteiger partial charge in [-0.25, -0.2) is 4.79 Å². The van der Waals surface area contributed by atoms with Gasteiger partial charge in [0.05, 0.1) is 5.60 Å². The lowest BCUT2D eigenvalue weighted by molar-refractivity contribution is -0.0750. The highest BCUT2D eigenvalue weighted by molar-refractivity contribution is 5.44. The zero-order chi connectivity index (χ0) is 14.4. The molecule has 0 aromatic heterocycles. The van der Waals surface area contributed by atoms with E-state index in [9.17, 15) is 9.90 Å². The minimum absolute atomic E-state index is 0.117. The van der Waals surface area contributed by atoms with E-state index in [1.54, 1.807) is 0 Å². The smallest absolute Gasteiger partial charge is 0.120 e. The van der Waals surface area contributed by atoms with Gasteiger partial charge in [-0.1, -0.05) is 37.3 Å². The molecule has 2 rings (SSSR count). The van der Waals surface area contributed by atoms with E-state index in [4.69, 9.17) is 0 Å². The van der Waals surface area contributed by atoms with Crippen molar-refractivity contribution in [3.8, 4) is 0 Å². The van der Waals surface area contributed by atoms with Gasteiger partial charge in [-0.05, 0) is 24.8 Å². The number of aliphatic hydroxyl groups is 1. The zero-order valence-electron chi connectivity index (χ0n) is 12.1. The monoisotopic (exact) mass is 273 g/mol. The van der Waals surface area contributed by atoms with Crippen LogP contribution in [0.15, 0.2) is 36.4 Å². The Balaban J connectivity index is 2.02. The van der Waals surface area contributed by atoms with Gasteiger partial charge in [-0.3, -0.25) is 4.90 Å². The van der Waals surface area contributed by atoms with Crippen LogP contribution in [0.4, 0.5) is 0 Å². The topological polar surface area (TPSA) is 40.5 Å². The Morgan fingerprint density at radius 3 is 2.85 bits per heavy atom. The summed E-state index contributed by atoms with van der Waals surface area (Å²) in [5, 5.41) is 10.7. The highest BCUT2D eigenvalue weighted by atomic mass is 16.3. The van der Waals surface area contributed by atoms with Gasteiger partial charge in [-0.15, -0.1) is 0 Å². The van der Waals surface area contributed by atoms with Gasteiger partial charge < -0.3 is 5.11 Å². The van der Waals surface area contributed by atoms with E-state index in [0.29, 0.717) is 6.42 Å². The van der Waals surface area contributed by atoms with E-state index in [1.165, 1.54) is 11.6 Å². The summed E-state index contributed by atoms with van der Waals surface area (Å²) in [5.74, 6) is 1.95. The summed E-state index contributed by atoms with van der Waals surface area (Å²) in [4.78, 5) is 12.8. The van der Waals surface area contributed by atoms with Gasteiger partial charge in [0.15, 0.2) is 0 Å². The number of rotatable bonds is 5. The average molecular weight is 273 g/mol. The second-order valence-electron chi connectivity index (χ2n) is 5.68. The number of hydrogen-bond acceptors (Lipinski definition) is 3. The average Bonchev–Trinajstić information content (AvgIpc) is 2.49. The van der Waals surface area contributed by atoms with Crippen LogP contribution in [-0.2, 0) is 11.3 Å². The van der Waals surface area contributed by atoms with Crippen molar-refractivity contribution in [2.75, 3.05) is 13.1 Å². The Bertz CT molecular complexity index is 467. The third-order valence-corrected chi connectivity index (χ3v) is 4.45. The normalized spacial score (nSPS) is 27.0. The molecule has 1 aromatic carbocycles. The van der Waals surface area contributed by atoms with Crippen molar-refractivity contribution in [2.45, 2.75) is 38.3 Å². The van der Waals surface area contributed by atoms with Crippen LogP contribution in [-0.4, -0.2) is 34.6 Å². The largest absolute Gasteiger partial charge is 0.390 e. The predicted molar refractivity (Wildman–Crippen MR) is 79.9 cm³/mol. The molecule has 1 heterocycles. The van der Waals surface area contributed by atoms with E-state index in [-0.39, 0.29) is 5.92 Å². The number of nitrogens with zero attached hydrogens (tertiary/aromatic N) is 1. The first kappa shape index (κ1) is 15.0. The second kappa shape index (κ2) is 6.85. The van der Waals surface area contributed by atoms with Gasteiger partial charge >= 0.3 is 0 Å². The first-order valence-electron chi connectivity index (χ1n) is 7.36. The summed E-state index contributed by atoms with van der Waals surface area (Å²) in [6, 6.07) is 10.4. The molecule has 1 N–H and O–H groups in total. The fraction of sp³-hybridized carbons (Fsp3) is 0.529. The molecule has 1 aromatic rings. The van der Waals surface area contributed by atoms with Crippen LogP contribution < -0.4 is 0 Å². The lowest BCUT2D eigenvalue weighted by atomic mass is 9.77. The van der Waals surface area contributed by atoms with E-state index < -0.39 is 5.60 Å². The highest BCUT2D eigenvalue weighted by Crippen LogP contribution is 2.33. The van der Waals surface area contributed by atoms with Crippen molar-refractivity contribution in [1.82, 2.24) is 4.90 Å². The number of allylic oxidation sites excluding steroid dienone is 1. The molecule has 108 valence electrons. The van der Waals surface area contributed by atoms with Crippen molar-refractivity contribution < 1.29 is 9.90 Å². The predicted octanol–water partition coefficient (Wildman–Crippen LogP) is 2.43. The molecule has 0 radical (unpaired) electrons. The SMILES string of the molecule is CC[C@@]1(O)CCN(Cc2ccccc2)C[C@@H]1CC=C=O. The van der Waals surface area contributed by atoms with Gasteiger partial charge in [0.2, 0.25) is 0 Å². The molecule has 1 saturated heterocycles. The van der Waals surface area contributed by atoms with E-state index in [1.807, 2.05) is 31.1 Å². The summed E-state index contributed by atoms with van der Waals surface area (Å²) in [7, 11) is 0. The highest BCUT2D eigenvalue weighted by Gasteiger charge is 2.39. The minimum atomic E-state index is -0.638. The fourth-order valence-electron chi connectivity index (χ4n) is 3.06. The number of carbonyl (C=O) groups excluding carboxylic acids is 1. The van der Waals surface area contributed by atoms with E-state index in [0.717, 1.165) is 32.5 Å². The molecule has 0 aliphatic carbocycles. The molecule has 2 atom stereocenters. The van der Waals surface area contributed by atoms with Crippen molar-refractivity contribution in [2.24, 2.45) is 5.92 Å². The lowest BCUT2D eigenvalue weighted by Crippen LogP contribution is -2.51. The van der Waals surface area contributed by atoms with Gasteiger partial charge in [0.1, 0.15) is 5.94 Å².